The fourth-order valence-corrected chi connectivity index (χ4v) is 5.03. The van der Waals surface area contributed by atoms with Crippen molar-refractivity contribution in [1.82, 2.24) is 19.7 Å². The standard InChI is InChI=1S/C29H30N4OS/c34-27(32(20-24-12-6-2-7-13-24)19-18-23-10-4-1-5-11-23)22-35-29-31-30-28(26-16-17-26)33(29)21-25-14-8-3-9-15-25/h1-15,26H,16-22H2. The molecule has 1 heterocycles. The number of thioether (sulfide) groups is 1. The molecule has 6 heteroatoms. The molecule has 4 aromatic rings. The maximum absolute atomic E-state index is 13.4. The fraction of sp³-hybridized carbons (Fsp3) is 0.276. The highest BCUT2D eigenvalue weighted by atomic mass is 32.2. The Morgan fingerprint density at radius 2 is 1.43 bits per heavy atom. The number of rotatable bonds is 11. The Morgan fingerprint density at radius 3 is 2.06 bits per heavy atom. The van der Waals surface area contributed by atoms with Gasteiger partial charge in [-0.15, -0.1) is 10.2 Å². The van der Waals surface area contributed by atoms with Gasteiger partial charge in [0.05, 0.1) is 12.3 Å². The molecular weight excluding hydrogens is 452 g/mol. The smallest absolute Gasteiger partial charge is 0.233 e. The quantitative estimate of drug-likeness (QED) is 0.262. The zero-order chi connectivity index (χ0) is 23.9. The van der Waals surface area contributed by atoms with E-state index >= 15 is 0 Å². The molecule has 0 radical (unpaired) electrons. The van der Waals surface area contributed by atoms with Gasteiger partial charge in [-0.1, -0.05) is 103 Å². The first-order chi connectivity index (χ1) is 17.3. The maximum Gasteiger partial charge on any atom is 0.233 e. The largest absolute Gasteiger partial charge is 0.337 e. The second-order valence-electron chi connectivity index (χ2n) is 9.01. The Balaban J connectivity index is 1.28. The third-order valence-corrected chi connectivity index (χ3v) is 7.23. The molecular formula is C29H30N4OS. The van der Waals surface area contributed by atoms with Gasteiger partial charge in [-0.25, -0.2) is 0 Å². The van der Waals surface area contributed by atoms with E-state index in [-0.39, 0.29) is 5.91 Å². The molecule has 1 saturated carbocycles. The van der Waals surface area contributed by atoms with Gasteiger partial charge in [-0.2, -0.15) is 0 Å². The molecule has 0 bridgehead atoms. The van der Waals surface area contributed by atoms with E-state index in [1.54, 1.807) is 0 Å². The lowest BCUT2D eigenvalue weighted by Crippen LogP contribution is -2.34. The predicted molar refractivity (Wildman–Crippen MR) is 140 cm³/mol. The van der Waals surface area contributed by atoms with E-state index < -0.39 is 0 Å². The molecule has 178 valence electrons. The predicted octanol–water partition coefficient (Wildman–Crippen LogP) is 5.57. The molecule has 1 aromatic heterocycles. The van der Waals surface area contributed by atoms with Gasteiger partial charge < -0.3 is 9.47 Å². The molecule has 1 amide bonds. The van der Waals surface area contributed by atoms with Gasteiger partial charge in [-0.05, 0) is 36.0 Å². The van der Waals surface area contributed by atoms with Gasteiger partial charge in [0.2, 0.25) is 5.91 Å². The highest BCUT2D eigenvalue weighted by Gasteiger charge is 2.30. The van der Waals surface area contributed by atoms with Crippen LogP contribution in [0.5, 0.6) is 0 Å². The maximum atomic E-state index is 13.4. The average Bonchev–Trinajstić information content (AvgIpc) is 3.68. The van der Waals surface area contributed by atoms with Crippen molar-refractivity contribution in [1.29, 1.82) is 0 Å². The van der Waals surface area contributed by atoms with Crippen LogP contribution in [-0.2, 0) is 24.3 Å². The van der Waals surface area contributed by atoms with E-state index in [2.05, 4.69) is 63.3 Å². The van der Waals surface area contributed by atoms with Crippen LogP contribution in [0, 0.1) is 0 Å². The van der Waals surface area contributed by atoms with Crippen molar-refractivity contribution in [2.75, 3.05) is 12.3 Å². The summed E-state index contributed by atoms with van der Waals surface area (Å²) in [5, 5.41) is 9.82. The van der Waals surface area contributed by atoms with Crippen LogP contribution < -0.4 is 0 Å². The number of carbonyl (C=O) groups excluding carboxylic acids is 1. The Labute approximate surface area is 211 Å². The monoisotopic (exact) mass is 482 g/mol. The van der Waals surface area contributed by atoms with E-state index in [0.29, 0.717) is 24.8 Å². The van der Waals surface area contributed by atoms with Crippen molar-refractivity contribution in [2.45, 2.75) is 43.4 Å². The second kappa shape index (κ2) is 11.4. The Bertz CT molecular complexity index is 1220. The summed E-state index contributed by atoms with van der Waals surface area (Å²) in [4.78, 5) is 15.4. The number of hydrogen-bond acceptors (Lipinski definition) is 4. The lowest BCUT2D eigenvalue weighted by Gasteiger charge is -2.23. The summed E-state index contributed by atoms with van der Waals surface area (Å²) in [6.07, 6.45) is 3.17. The first-order valence-electron chi connectivity index (χ1n) is 12.2. The van der Waals surface area contributed by atoms with E-state index in [4.69, 9.17) is 0 Å². The van der Waals surface area contributed by atoms with Crippen molar-refractivity contribution >= 4 is 17.7 Å². The molecule has 3 aromatic carbocycles. The van der Waals surface area contributed by atoms with E-state index in [1.165, 1.54) is 35.7 Å². The van der Waals surface area contributed by atoms with Gasteiger partial charge >= 0.3 is 0 Å². The molecule has 1 aliphatic rings. The molecule has 0 saturated heterocycles. The van der Waals surface area contributed by atoms with Gasteiger partial charge in [-0.3, -0.25) is 4.79 Å². The van der Waals surface area contributed by atoms with Gasteiger partial charge in [0.25, 0.3) is 0 Å². The number of benzene rings is 3. The highest BCUT2D eigenvalue weighted by Crippen LogP contribution is 2.40. The zero-order valence-electron chi connectivity index (χ0n) is 19.8. The number of aromatic nitrogens is 3. The molecule has 0 aliphatic heterocycles. The summed E-state index contributed by atoms with van der Waals surface area (Å²) in [7, 11) is 0. The summed E-state index contributed by atoms with van der Waals surface area (Å²) in [5.41, 5.74) is 3.60. The normalized spacial score (nSPS) is 13.0. The van der Waals surface area contributed by atoms with Crippen molar-refractivity contribution in [3.63, 3.8) is 0 Å². The van der Waals surface area contributed by atoms with E-state index in [9.17, 15) is 4.79 Å². The minimum Gasteiger partial charge on any atom is -0.337 e. The molecule has 0 unspecified atom stereocenters. The number of hydrogen-bond donors (Lipinski definition) is 0. The van der Waals surface area contributed by atoms with Crippen molar-refractivity contribution < 1.29 is 4.79 Å². The molecule has 0 spiro atoms. The molecule has 0 N–H and O–H groups in total. The first kappa shape index (κ1) is 23.4. The van der Waals surface area contributed by atoms with Crippen molar-refractivity contribution in [2.24, 2.45) is 0 Å². The summed E-state index contributed by atoms with van der Waals surface area (Å²) in [6.45, 7) is 2.03. The SMILES string of the molecule is O=C(CSc1nnc(C2CC2)n1Cc1ccccc1)N(CCc1ccccc1)Cc1ccccc1. The van der Waals surface area contributed by atoms with Crippen LogP contribution in [0.3, 0.4) is 0 Å². The van der Waals surface area contributed by atoms with Gasteiger partial charge in [0, 0.05) is 19.0 Å². The molecule has 5 rings (SSSR count). The first-order valence-corrected chi connectivity index (χ1v) is 13.2. The van der Waals surface area contributed by atoms with Crippen LogP contribution in [0.2, 0.25) is 0 Å². The van der Waals surface area contributed by atoms with Crippen LogP contribution in [0.25, 0.3) is 0 Å². The molecule has 0 atom stereocenters. The lowest BCUT2D eigenvalue weighted by molar-refractivity contribution is -0.128. The minimum atomic E-state index is 0.122. The summed E-state index contributed by atoms with van der Waals surface area (Å²) in [6, 6.07) is 31.0. The molecule has 1 aliphatic carbocycles. The summed E-state index contributed by atoms with van der Waals surface area (Å²) in [5.74, 6) is 2.02. The third-order valence-electron chi connectivity index (χ3n) is 6.28. The fourth-order valence-electron chi connectivity index (χ4n) is 4.19. The van der Waals surface area contributed by atoms with Crippen LogP contribution >= 0.6 is 11.8 Å². The van der Waals surface area contributed by atoms with Crippen LogP contribution in [0.15, 0.2) is 96.2 Å². The Kier molecular flexibility index (Phi) is 7.59. The second-order valence-corrected chi connectivity index (χ2v) is 9.95. The van der Waals surface area contributed by atoms with Crippen LogP contribution in [0.1, 0.15) is 41.3 Å². The summed E-state index contributed by atoms with van der Waals surface area (Å²) >= 11 is 1.50. The van der Waals surface area contributed by atoms with E-state index in [1.807, 2.05) is 47.4 Å². The Hall–Kier alpha value is -3.38. The minimum absolute atomic E-state index is 0.122. The van der Waals surface area contributed by atoms with Crippen LogP contribution in [0.4, 0.5) is 0 Å². The van der Waals surface area contributed by atoms with E-state index in [0.717, 1.165) is 29.5 Å². The number of nitrogens with zero attached hydrogens (tertiary/aromatic N) is 4. The lowest BCUT2D eigenvalue weighted by atomic mass is 10.1. The van der Waals surface area contributed by atoms with Gasteiger partial charge in [0.15, 0.2) is 5.16 Å². The molecule has 35 heavy (non-hydrogen) atoms. The zero-order valence-corrected chi connectivity index (χ0v) is 20.6. The molecule has 1 fully saturated rings. The number of carbonyl (C=O) groups is 1. The average molecular weight is 483 g/mol. The topological polar surface area (TPSA) is 51.0 Å². The van der Waals surface area contributed by atoms with Crippen molar-refractivity contribution in [3.8, 4) is 0 Å². The third kappa shape index (κ3) is 6.40. The van der Waals surface area contributed by atoms with Gasteiger partial charge in [0.1, 0.15) is 5.82 Å². The van der Waals surface area contributed by atoms with Crippen LogP contribution in [-0.4, -0.2) is 37.9 Å². The highest BCUT2D eigenvalue weighted by molar-refractivity contribution is 7.99. The number of amides is 1. The molecule has 5 nitrogen and oxygen atoms in total. The Morgan fingerprint density at radius 1 is 0.829 bits per heavy atom. The van der Waals surface area contributed by atoms with Crippen molar-refractivity contribution in [3.05, 3.63) is 114 Å². The summed E-state index contributed by atoms with van der Waals surface area (Å²) < 4.78 is 2.20.